The first-order valence-electron chi connectivity index (χ1n) is 11.2. The quantitative estimate of drug-likeness (QED) is 0.385. The van der Waals surface area contributed by atoms with Crippen molar-refractivity contribution in [3.8, 4) is 17.0 Å². The van der Waals surface area contributed by atoms with Gasteiger partial charge in [-0.25, -0.2) is 4.98 Å². The van der Waals surface area contributed by atoms with Crippen molar-refractivity contribution in [1.82, 2.24) is 9.88 Å². The first-order valence-corrected chi connectivity index (χ1v) is 11.2. The third-order valence-corrected chi connectivity index (χ3v) is 6.29. The van der Waals surface area contributed by atoms with Crippen molar-refractivity contribution in [3.05, 3.63) is 39.6 Å². The maximum atomic E-state index is 12.4. The van der Waals surface area contributed by atoms with Crippen LogP contribution in [0.2, 0.25) is 0 Å². The van der Waals surface area contributed by atoms with Crippen molar-refractivity contribution in [3.63, 3.8) is 0 Å². The Hall–Kier alpha value is -3.40. The Morgan fingerprint density at radius 3 is 2.85 bits per heavy atom. The van der Waals surface area contributed by atoms with Gasteiger partial charge in [-0.05, 0) is 57.8 Å². The maximum Gasteiger partial charge on any atom is 0.300 e. The Balaban J connectivity index is 1.86. The van der Waals surface area contributed by atoms with Crippen LogP contribution in [0.4, 0.5) is 17.1 Å². The lowest BCUT2D eigenvalue weighted by molar-refractivity contribution is -0.383. The molecule has 2 aliphatic heterocycles. The zero-order chi connectivity index (χ0) is 23.7. The molecule has 3 heterocycles. The lowest BCUT2D eigenvalue weighted by atomic mass is 9.93. The van der Waals surface area contributed by atoms with Crippen LogP contribution in [0.3, 0.4) is 0 Å². The molecule has 1 unspecified atom stereocenters. The number of nitrogens with zero attached hydrogens (tertiary/aromatic N) is 4. The van der Waals surface area contributed by atoms with Crippen LogP contribution in [0, 0.1) is 16.0 Å². The number of amides is 1. The smallest absolute Gasteiger partial charge is 0.300 e. The normalized spacial score (nSPS) is 18.0. The van der Waals surface area contributed by atoms with Gasteiger partial charge in [0, 0.05) is 37.0 Å². The number of benzene rings is 1. The molecule has 0 radical (unpaired) electrons. The highest BCUT2D eigenvalue weighted by Gasteiger charge is 2.32. The summed E-state index contributed by atoms with van der Waals surface area (Å²) < 4.78 is 5.59. The van der Waals surface area contributed by atoms with Gasteiger partial charge in [-0.3, -0.25) is 14.9 Å². The molecular weight excluding hydrogens is 424 g/mol. The molecule has 1 amide bonds. The van der Waals surface area contributed by atoms with Crippen LogP contribution in [-0.4, -0.2) is 61.1 Å². The number of fused-ring (bicyclic) bond motifs is 1. The molecule has 2 aromatic rings. The van der Waals surface area contributed by atoms with E-state index >= 15 is 0 Å². The number of carbonyl (C=O) groups excluding carboxylic acids is 1. The number of carbonyl (C=O) groups is 1. The number of aromatic nitrogens is 1. The van der Waals surface area contributed by atoms with Crippen LogP contribution in [0.5, 0.6) is 5.88 Å². The third kappa shape index (κ3) is 4.56. The van der Waals surface area contributed by atoms with E-state index in [1.807, 2.05) is 20.2 Å². The molecule has 10 heteroatoms. The van der Waals surface area contributed by atoms with E-state index in [1.54, 1.807) is 12.3 Å². The molecule has 1 aromatic carbocycles. The van der Waals surface area contributed by atoms with Crippen LogP contribution >= 0.6 is 0 Å². The minimum atomic E-state index is -0.774. The first-order chi connectivity index (χ1) is 15.8. The van der Waals surface area contributed by atoms with Crippen LogP contribution in [0.25, 0.3) is 11.1 Å². The zero-order valence-electron chi connectivity index (χ0n) is 19.0. The predicted octanol–water partition coefficient (Wildman–Crippen LogP) is 2.44. The van der Waals surface area contributed by atoms with E-state index < -0.39 is 10.8 Å². The molecule has 176 valence electrons. The maximum absolute atomic E-state index is 12.4. The summed E-state index contributed by atoms with van der Waals surface area (Å²) >= 11 is 0. The van der Waals surface area contributed by atoms with Crippen LogP contribution < -0.4 is 21.1 Å². The van der Waals surface area contributed by atoms with Gasteiger partial charge in [-0.15, -0.1) is 0 Å². The van der Waals surface area contributed by atoms with Gasteiger partial charge in [-0.1, -0.05) is 0 Å². The van der Waals surface area contributed by atoms with Crippen molar-refractivity contribution in [2.75, 3.05) is 51.0 Å². The number of nitrogen functional groups attached to an aromatic ring is 1. The summed E-state index contributed by atoms with van der Waals surface area (Å²) in [5.74, 6) is 0.179. The van der Waals surface area contributed by atoms with Crippen molar-refractivity contribution in [1.29, 1.82) is 0 Å². The molecule has 1 aromatic heterocycles. The van der Waals surface area contributed by atoms with Crippen LogP contribution in [0.1, 0.15) is 35.2 Å². The van der Waals surface area contributed by atoms with E-state index in [0.717, 1.165) is 44.3 Å². The minimum absolute atomic E-state index is 0.00482. The summed E-state index contributed by atoms with van der Waals surface area (Å²) in [5, 5.41) is 12.0. The van der Waals surface area contributed by atoms with Crippen molar-refractivity contribution in [2.45, 2.75) is 25.7 Å². The van der Waals surface area contributed by atoms with Gasteiger partial charge in [0.25, 0.3) is 5.91 Å². The number of anilines is 2. The van der Waals surface area contributed by atoms with Gasteiger partial charge >= 0.3 is 5.69 Å². The lowest BCUT2D eigenvalue weighted by Crippen LogP contribution is -2.40. The molecule has 1 atom stereocenters. The number of hydrogen-bond acceptors (Lipinski definition) is 8. The molecule has 4 rings (SSSR count). The molecule has 1 saturated heterocycles. The van der Waals surface area contributed by atoms with Gasteiger partial charge in [0.2, 0.25) is 5.88 Å². The number of primary amides is 1. The molecule has 0 spiro atoms. The van der Waals surface area contributed by atoms with Gasteiger partial charge < -0.3 is 26.0 Å². The zero-order valence-corrected chi connectivity index (χ0v) is 19.0. The molecule has 0 aliphatic carbocycles. The van der Waals surface area contributed by atoms with Gasteiger partial charge in [0.15, 0.2) is 0 Å². The summed E-state index contributed by atoms with van der Waals surface area (Å²) in [7, 11) is 4.06. The average molecular weight is 455 g/mol. The highest BCUT2D eigenvalue weighted by atomic mass is 16.6. The highest BCUT2D eigenvalue weighted by molar-refractivity contribution is 6.08. The Morgan fingerprint density at radius 2 is 2.15 bits per heavy atom. The number of hydrogen-bond donors (Lipinski definition) is 2. The Morgan fingerprint density at radius 1 is 1.36 bits per heavy atom. The number of nitro benzene ring substituents is 1. The fourth-order valence-corrected chi connectivity index (χ4v) is 4.94. The lowest BCUT2D eigenvalue weighted by Gasteiger charge is -2.36. The van der Waals surface area contributed by atoms with E-state index in [9.17, 15) is 14.9 Å². The van der Waals surface area contributed by atoms with E-state index in [-0.39, 0.29) is 16.9 Å². The number of rotatable bonds is 6. The Labute approximate surface area is 192 Å². The van der Waals surface area contributed by atoms with Gasteiger partial charge in [-0.2, -0.15) is 0 Å². The summed E-state index contributed by atoms with van der Waals surface area (Å²) in [6.07, 6.45) is 5.22. The van der Waals surface area contributed by atoms with Crippen molar-refractivity contribution in [2.24, 2.45) is 11.7 Å². The van der Waals surface area contributed by atoms with Gasteiger partial charge in [0.05, 0.1) is 28.3 Å². The molecule has 10 nitrogen and oxygen atoms in total. The fourth-order valence-electron chi connectivity index (χ4n) is 4.94. The predicted molar refractivity (Wildman–Crippen MR) is 127 cm³/mol. The van der Waals surface area contributed by atoms with E-state index in [1.165, 1.54) is 0 Å². The molecule has 0 bridgehead atoms. The van der Waals surface area contributed by atoms with Gasteiger partial charge in [0.1, 0.15) is 5.69 Å². The van der Waals surface area contributed by atoms with Crippen molar-refractivity contribution < 1.29 is 14.5 Å². The monoisotopic (exact) mass is 454 g/mol. The topological polar surface area (TPSA) is 141 Å². The number of aryl methyl sites for hydroxylation is 1. The van der Waals surface area contributed by atoms with Crippen LogP contribution in [-0.2, 0) is 6.42 Å². The second-order valence-corrected chi connectivity index (χ2v) is 9.06. The highest BCUT2D eigenvalue weighted by Crippen LogP contribution is 2.43. The number of piperidine rings is 1. The third-order valence-electron chi connectivity index (χ3n) is 6.29. The molecule has 4 N–H and O–H groups in total. The molecule has 33 heavy (non-hydrogen) atoms. The SMILES string of the molecule is CN(C)CC1CCCN(c2cc(-c3cnc4c(c3)CCCO4)c([N+](=O)[O-])c(N)c2C(N)=O)C1. The molecule has 2 aliphatic rings. The number of nitrogens with two attached hydrogens (primary N) is 2. The largest absolute Gasteiger partial charge is 0.477 e. The minimum Gasteiger partial charge on any atom is -0.477 e. The summed E-state index contributed by atoms with van der Waals surface area (Å²) in [6.45, 7) is 2.95. The van der Waals surface area contributed by atoms with Crippen LogP contribution in [0.15, 0.2) is 18.3 Å². The number of pyridine rings is 1. The molecular formula is C23H30N6O4. The molecule has 1 fully saturated rings. The number of nitro groups is 1. The first kappa shape index (κ1) is 22.8. The second-order valence-electron chi connectivity index (χ2n) is 9.06. The summed E-state index contributed by atoms with van der Waals surface area (Å²) in [5.41, 5.74) is 13.7. The summed E-state index contributed by atoms with van der Waals surface area (Å²) in [6, 6.07) is 3.54. The number of ether oxygens (including phenoxy) is 1. The van der Waals surface area contributed by atoms with E-state index in [0.29, 0.717) is 41.8 Å². The average Bonchev–Trinajstić information content (AvgIpc) is 2.77. The second kappa shape index (κ2) is 9.22. The molecule has 0 saturated carbocycles. The Bertz CT molecular complexity index is 1090. The standard InChI is InChI=1S/C23H30N6O4/c1-27(2)12-14-5-3-7-28(13-14)18-10-17(21(29(31)32)20(24)19(18)22(25)30)16-9-15-6-4-8-33-23(15)26-11-16/h9-11,14H,3-8,12-13,24H2,1-2H3,(H2,25,30). The summed E-state index contributed by atoms with van der Waals surface area (Å²) in [4.78, 5) is 32.5. The van der Waals surface area contributed by atoms with E-state index in [4.69, 9.17) is 16.2 Å². The van der Waals surface area contributed by atoms with Crippen molar-refractivity contribution >= 4 is 23.0 Å². The van der Waals surface area contributed by atoms with E-state index in [2.05, 4.69) is 14.8 Å². The fraction of sp³-hybridized carbons (Fsp3) is 0.478. The Kier molecular flexibility index (Phi) is 6.37.